The van der Waals surface area contributed by atoms with Gasteiger partial charge in [-0.05, 0) is 32.7 Å². The lowest BCUT2D eigenvalue weighted by Gasteiger charge is -2.41. The highest BCUT2D eigenvalue weighted by Crippen LogP contribution is 2.35. The van der Waals surface area contributed by atoms with Crippen molar-refractivity contribution in [1.29, 1.82) is 0 Å². The molecule has 2 N–H and O–H groups in total. The van der Waals surface area contributed by atoms with Gasteiger partial charge < -0.3 is 5.73 Å². The number of hydrogen-bond acceptors (Lipinski definition) is 2. The van der Waals surface area contributed by atoms with Crippen LogP contribution in [-0.2, 0) is 0 Å². The molecule has 0 heterocycles. The Hall–Kier alpha value is -0.0800. The first-order chi connectivity index (χ1) is 6.70. The standard InChI is InChI=1S/C12H26N2/c1-4-6-9-12(5-2,10-13)14(3)11-7-8-11/h11H,4-10,13H2,1-3H3. The molecule has 0 aliphatic heterocycles. The fourth-order valence-corrected chi connectivity index (χ4v) is 2.35. The zero-order valence-electron chi connectivity index (χ0n) is 10.1. The fraction of sp³-hybridized carbons (Fsp3) is 1.00. The Morgan fingerprint density at radius 1 is 1.36 bits per heavy atom. The van der Waals surface area contributed by atoms with Gasteiger partial charge in [0.05, 0.1) is 0 Å². The van der Waals surface area contributed by atoms with Gasteiger partial charge in [-0.15, -0.1) is 0 Å². The Labute approximate surface area is 88.8 Å². The summed E-state index contributed by atoms with van der Waals surface area (Å²) in [6, 6.07) is 0.829. The van der Waals surface area contributed by atoms with E-state index >= 15 is 0 Å². The molecule has 0 amide bonds. The summed E-state index contributed by atoms with van der Waals surface area (Å²) in [7, 11) is 2.27. The van der Waals surface area contributed by atoms with Gasteiger partial charge in [-0.1, -0.05) is 26.7 Å². The van der Waals surface area contributed by atoms with Crippen LogP contribution in [0, 0.1) is 0 Å². The lowest BCUT2D eigenvalue weighted by molar-refractivity contribution is 0.0993. The third kappa shape index (κ3) is 2.48. The summed E-state index contributed by atoms with van der Waals surface area (Å²) in [6.07, 6.45) is 7.80. The molecular formula is C12H26N2. The van der Waals surface area contributed by atoms with E-state index in [1.807, 2.05) is 0 Å². The van der Waals surface area contributed by atoms with Crippen molar-refractivity contribution < 1.29 is 0 Å². The van der Waals surface area contributed by atoms with Crippen LogP contribution in [0.15, 0.2) is 0 Å². The molecule has 1 aliphatic rings. The van der Waals surface area contributed by atoms with Crippen LogP contribution in [0.1, 0.15) is 52.4 Å². The summed E-state index contributed by atoms with van der Waals surface area (Å²) in [6.45, 7) is 5.35. The van der Waals surface area contributed by atoms with Crippen molar-refractivity contribution in [1.82, 2.24) is 4.90 Å². The number of likely N-dealkylation sites (N-methyl/N-ethyl adjacent to an activating group) is 1. The normalized spacial score (nSPS) is 21.2. The maximum atomic E-state index is 5.98. The Bertz CT molecular complexity index is 160. The second-order valence-electron chi connectivity index (χ2n) is 4.73. The van der Waals surface area contributed by atoms with E-state index in [0.29, 0.717) is 0 Å². The largest absolute Gasteiger partial charge is 0.329 e. The highest BCUT2D eigenvalue weighted by molar-refractivity contribution is 4.96. The zero-order valence-corrected chi connectivity index (χ0v) is 10.1. The van der Waals surface area contributed by atoms with E-state index < -0.39 is 0 Å². The molecule has 2 heteroatoms. The third-order valence-corrected chi connectivity index (χ3v) is 3.88. The Morgan fingerprint density at radius 3 is 2.36 bits per heavy atom. The molecule has 0 aromatic rings. The average Bonchev–Trinajstić information content (AvgIpc) is 3.03. The number of hydrogen-bond donors (Lipinski definition) is 1. The molecule has 0 aromatic carbocycles. The maximum Gasteiger partial charge on any atom is 0.0329 e. The minimum Gasteiger partial charge on any atom is -0.329 e. The van der Waals surface area contributed by atoms with Crippen molar-refractivity contribution in [3.8, 4) is 0 Å². The summed E-state index contributed by atoms with van der Waals surface area (Å²) >= 11 is 0. The smallest absolute Gasteiger partial charge is 0.0329 e. The molecule has 84 valence electrons. The molecule has 1 rings (SSSR count). The molecule has 0 radical (unpaired) electrons. The molecule has 2 nitrogen and oxygen atoms in total. The van der Waals surface area contributed by atoms with Crippen molar-refractivity contribution in [2.75, 3.05) is 13.6 Å². The van der Waals surface area contributed by atoms with E-state index in [0.717, 1.165) is 12.6 Å². The van der Waals surface area contributed by atoms with Crippen molar-refractivity contribution in [2.45, 2.75) is 64.0 Å². The zero-order chi connectivity index (χ0) is 10.6. The van der Waals surface area contributed by atoms with Crippen LogP contribution in [0.2, 0.25) is 0 Å². The van der Waals surface area contributed by atoms with Gasteiger partial charge in [0.2, 0.25) is 0 Å². The van der Waals surface area contributed by atoms with Crippen molar-refractivity contribution in [3.05, 3.63) is 0 Å². The van der Waals surface area contributed by atoms with Crippen molar-refractivity contribution in [2.24, 2.45) is 5.73 Å². The van der Waals surface area contributed by atoms with E-state index in [9.17, 15) is 0 Å². The van der Waals surface area contributed by atoms with E-state index in [-0.39, 0.29) is 5.54 Å². The molecule has 0 aromatic heterocycles. The van der Waals surface area contributed by atoms with Gasteiger partial charge >= 0.3 is 0 Å². The summed E-state index contributed by atoms with van der Waals surface area (Å²) in [4.78, 5) is 2.56. The second-order valence-corrected chi connectivity index (χ2v) is 4.73. The van der Waals surface area contributed by atoms with Gasteiger partial charge in [0, 0.05) is 18.1 Å². The Balaban J connectivity index is 2.57. The molecule has 14 heavy (non-hydrogen) atoms. The van der Waals surface area contributed by atoms with E-state index in [1.165, 1.54) is 38.5 Å². The molecule has 1 unspecified atom stereocenters. The number of nitrogens with two attached hydrogens (primary N) is 1. The molecule has 1 atom stereocenters. The minimum atomic E-state index is 0.289. The van der Waals surface area contributed by atoms with Gasteiger partial charge in [0.25, 0.3) is 0 Å². The third-order valence-electron chi connectivity index (χ3n) is 3.88. The molecule has 1 aliphatic carbocycles. The van der Waals surface area contributed by atoms with Gasteiger partial charge in [0.15, 0.2) is 0 Å². The summed E-state index contributed by atoms with van der Waals surface area (Å²) in [5, 5.41) is 0. The molecular weight excluding hydrogens is 172 g/mol. The minimum absolute atomic E-state index is 0.289. The summed E-state index contributed by atoms with van der Waals surface area (Å²) < 4.78 is 0. The van der Waals surface area contributed by atoms with Crippen LogP contribution >= 0.6 is 0 Å². The van der Waals surface area contributed by atoms with Crippen molar-refractivity contribution >= 4 is 0 Å². The van der Waals surface area contributed by atoms with Gasteiger partial charge in [-0.3, -0.25) is 4.90 Å². The number of nitrogens with zero attached hydrogens (tertiary/aromatic N) is 1. The quantitative estimate of drug-likeness (QED) is 0.680. The molecule has 0 bridgehead atoms. The highest BCUT2D eigenvalue weighted by atomic mass is 15.2. The van der Waals surface area contributed by atoms with E-state index in [2.05, 4.69) is 25.8 Å². The monoisotopic (exact) mass is 198 g/mol. The predicted molar refractivity (Wildman–Crippen MR) is 62.4 cm³/mol. The average molecular weight is 198 g/mol. The van der Waals surface area contributed by atoms with Crippen LogP contribution in [0.25, 0.3) is 0 Å². The SMILES string of the molecule is CCCCC(CC)(CN)N(C)C1CC1. The lowest BCUT2D eigenvalue weighted by atomic mass is 9.88. The van der Waals surface area contributed by atoms with Crippen molar-refractivity contribution in [3.63, 3.8) is 0 Å². The molecule has 0 spiro atoms. The van der Waals surface area contributed by atoms with Crippen LogP contribution in [0.4, 0.5) is 0 Å². The van der Waals surface area contributed by atoms with Crippen LogP contribution in [0.5, 0.6) is 0 Å². The number of unbranched alkanes of at least 4 members (excludes halogenated alkanes) is 1. The Kier molecular flexibility index (Phi) is 4.39. The second kappa shape index (κ2) is 5.13. The Morgan fingerprint density at radius 2 is 2.00 bits per heavy atom. The van der Waals surface area contributed by atoms with Crippen LogP contribution in [0.3, 0.4) is 0 Å². The highest BCUT2D eigenvalue weighted by Gasteiger charge is 2.39. The molecule has 1 saturated carbocycles. The molecule has 0 saturated heterocycles. The molecule has 1 fully saturated rings. The van der Waals surface area contributed by atoms with Crippen LogP contribution < -0.4 is 5.73 Å². The van der Waals surface area contributed by atoms with Gasteiger partial charge in [-0.25, -0.2) is 0 Å². The summed E-state index contributed by atoms with van der Waals surface area (Å²) in [5.74, 6) is 0. The van der Waals surface area contributed by atoms with Gasteiger partial charge in [0.1, 0.15) is 0 Å². The fourth-order valence-electron chi connectivity index (χ4n) is 2.35. The van der Waals surface area contributed by atoms with Crippen LogP contribution in [-0.4, -0.2) is 30.1 Å². The number of rotatable bonds is 7. The van der Waals surface area contributed by atoms with E-state index in [4.69, 9.17) is 5.73 Å². The van der Waals surface area contributed by atoms with E-state index in [1.54, 1.807) is 0 Å². The first-order valence-corrected chi connectivity index (χ1v) is 6.13. The lowest BCUT2D eigenvalue weighted by Crippen LogP contribution is -2.52. The topological polar surface area (TPSA) is 29.3 Å². The maximum absolute atomic E-state index is 5.98. The van der Waals surface area contributed by atoms with Gasteiger partial charge in [-0.2, -0.15) is 0 Å². The first kappa shape index (κ1) is 12.0. The first-order valence-electron chi connectivity index (χ1n) is 6.13. The predicted octanol–water partition coefficient (Wildman–Crippen LogP) is 2.38. The summed E-state index contributed by atoms with van der Waals surface area (Å²) in [5.41, 5.74) is 6.27.